The summed E-state index contributed by atoms with van der Waals surface area (Å²) >= 11 is 0. The maximum Gasteiger partial charge on any atom is 0.127 e. The summed E-state index contributed by atoms with van der Waals surface area (Å²) in [5.74, 6) is 2.60. The summed E-state index contributed by atoms with van der Waals surface area (Å²) in [5.41, 5.74) is 7.51. The molecule has 1 saturated carbocycles. The fourth-order valence-corrected chi connectivity index (χ4v) is 3.13. The van der Waals surface area contributed by atoms with E-state index < -0.39 is 0 Å². The minimum Gasteiger partial charge on any atom is -0.384 e. The fourth-order valence-electron chi connectivity index (χ4n) is 3.13. The lowest BCUT2D eigenvalue weighted by molar-refractivity contribution is 0.580. The molecule has 19 heavy (non-hydrogen) atoms. The molecule has 0 unspecified atom stereocenters. The number of nitrogen functional groups attached to an aromatic ring is 1. The Morgan fingerprint density at radius 1 is 1.32 bits per heavy atom. The lowest BCUT2D eigenvalue weighted by Crippen LogP contribution is -2.07. The van der Waals surface area contributed by atoms with E-state index in [4.69, 9.17) is 10.7 Å². The van der Waals surface area contributed by atoms with Gasteiger partial charge < -0.3 is 10.3 Å². The minimum atomic E-state index is 0.573. The van der Waals surface area contributed by atoms with Crippen molar-refractivity contribution in [2.45, 2.75) is 70.8 Å². The molecule has 0 radical (unpaired) electrons. The second-order valence-electron chi connectivity index (χ2n) is 5.64. The van der Waals surface area contributed by atoms with Gasteiger partial charge in [0, 0.05) is 18.9 Å². The van der Waals surface area contributed by atoms with Crippen LogP contribution in [0.5, 0.6) is 0 Å². The molecule has 1 aliphatic rings. The van der Waals surface area contributed by atoms with E-state index in [1.807, 2.05) is 6.08 Å². The van der Waals surface area contributed by atoms with Crippen LogP contribution in [0.3, 0.4) is 0 Å². The van der Waals surface area contributed by atoms with E-state index in [1.54, 1.807) is 0 Å². The Labute approximate surface area is 116 Å². The second kappa shape index (κ2) is 6.78. The molecule has 1 fully saturated rings. The van der Waals surface area contributed by atoms with E-state index in [-0.39, 0.29) is 0 Å². The van der Waals surface area contributed by atoms with Gasteiger partial charge in [0.25, 0.3) is 0 Å². The van der Waals surface area contributed by atoms with Crippen LogP contribution in [0.4, 0.5) is 5.82 Å². The SMILES string of the molecule is C=CCn1c(CCC)nc(C2CCCCCC2)c1N. The summed E-state index contributed by atoms with van der Waals surface area (Å²) in [6.07, 6.45) is 11.9. The van der Waals surface area contributed by atoms with Gasteiger partial charge in [-0.15, -0.1) is 6.58 Å². The molecule has 0 spiro atoms. The van der Waals surface area contributed by atoms with Gasteiger partial charge in [0.2, 0.25) is 0 Å². The molecule has 1 aromatic rings. The van der Waals surface area contributed by atoms with Crippen molar-refractivity contribution in [1.82, 2.24) is 9.55 Å². The average molecular weight is 261 g/mol. The Morgan fingerprint density at radius 3 is 2.58 bits per heavy atom. The molecule has 0 aliphatic heterocycles. The summed E-state index contributed by atoms with van der Waals surface area (Å²) in [5, 5.41) is 0. The van der Waals surface area contributed by atoms with E-state index in [2.05, 4.69) is 18.1 Å². The van der Waals surface area contributed by atoms with Crippen LogP contribution in [0, 0.1) is 0 Å². The Kier molecular flexibility index (Phi) is 5.06. The lowest BCUT2D eigenvalue weighted by atomic mass is 9.96. The molecule has 3 nitrogen and oxygen atoms in total. The zero-order valence-electron chi connectivity index (χ0n) is 12.2. The van der Waals surface area contributed by atoms with Gasteiger partial charge in [0.15, 0.2) is 0 Å². The molecular weight excluding hydrogens is 234 g/mol. The van der Waals surface area contributed by atoms with Gasteiger partial charge in [-0.2, -0.15) is 0 Å². The van der Waals surface area contributed by atoms with Gasteiger partial charge in [0.05, 0.1) is 5.69 Å². The first-order chi connectivity index (χ1) is 9.27. The minimum absolute atomic E-state index is 0.573. The number of nitrogens with two attached hydrogens (primary N) is 1. The molecular formula is C16H27N3. The van der Waals surface area contributed by atoms with Crippen molar-refractivity contribution >= 4 is 5.82 Å². The normalized spacial score (nSPS) is 17.3. The maximum absolute atomic E-state index is 6.36. The Hall–Kier alpha value is -1.25. The van der Waals surface area contributed by atoms with Crippen LogP contribution < -0.4 is 5.73 Å². The highest BCUT2D eigenvalue weighted by Gasteiger charge is 2.22. The second-order valence-corrected chi connectivity index (χ2v) is 5.64. The van der Waals surface area contributed by atoms with Crippen molar-refractivity contribution in [1.29, 1.82) is 0 Å². The summed E-state index contributed by atoms with van der Waals surface area (Å²) in [7, 11) is 0. The third-order valence-electron chi connectivity index (χ3n) is 4.14. The highest BCUT2D eigenvalue weighted by Crippen LogP contribution is 2.34. The smallest absolute Gasteiger partial charge is 0.127 e. The van der Waals surface area contributed by atoms with Crippen LogP contribution >= 0.6 is 0 Å². The number of imidazole rings is 1. The van der Waals surface area contributed by atoms with Crippen molar-refractivity contribution in [3.8, 4) is 0 Å². The average Bonchev–Trinajstić information content (AvgIpc) is 2.62. The molecule has 0 amide bonds. The third kappa shape index (κ3) is 3.20. The number of aromatic nitrogens is 2. The molecule has 2 N–H and O–H groups in total. The molecule has 0 atom stereocenters. The van der Waals surface area contributed by atoms with Crippen LogP contribution in [0.25, 0.3) is 0 Å². The first-order valence-corrected chi connectivity index (χ1v) is 7.73. The number of nitrogens with zero attached hydrogens (tertiary/aromatic N) is 2. The van der Waals surface area contributed by atoms with Crippen LogP contribution in [0.2, 0.25) is 0 Å². The largest absolute Gasteiger partial charge is 0.384 e. The number of aryl methyl sites for hydroxylation is 1. The van der Waals surface area contributed by atoms with E-state index in [0.717, 1.165) is 36.7 Å². The monoisotopic (exact) mass is 261 g/mol. The van der Waals surface area contributed by atoms with Crippen LogP contribution in [-0.2, 0) is 13.0 Å². The number of anilines is 1. The fraction of sp³-hybridized carbons (Fsp3) is 0.688. The molecule has 1 heterocycles. The van der Waals surface area contributed by atoms with Crippen molar-refractivity contribution in [2.24, 2.45) is 0 Å². The number of hydrogen-bond donors (Lipinski definition) is 1. The van der Waals surface area contributed by atoms with E-state index in [9.17, 15) is 0 Å². The van der Waals surface area contributed by atoms with Crippen LogP contribution in [0.1, 0.15) is 69.3 Å². The van der Waals surface area contributed by atoms with E-state index in [0.29, 0.717) is 5.92 Å². The summed E-state index contributed by atoms with van der Waals surface area (Å²) < 4.78 is 2.15. The predicted molar refractivity (Wildman–Crippen MR) is 81.3 cm³/mol. The molecule has 0 bridgehead atoms. The number of allylic oxidation sites excluding steroid dienone is 1. The molecule has 0 aromatic carbocycles. The zero-order valence-corrected chi connectivity index (χ0v) is 12.2. The van der Waals surface area contributed by atoms with E-state index >= 15 is 0 Å². The zero-order chi connectivity index (χ0) is 13.7. The standard InChI is InChI=1S/C16H27N3/c1-3-9-14-18-15(16(17)19(14)12-4-2)13-10-7-5-6-8-11-13/h4,13H,2-3,5-12,17H2,1H3. The number of hydrogen-bond acceptors (Lipinski definition) is 2. The topological polar surface area (TPSA) is 43.8 Å². The predicted octanol–water partition coefficient (Wildman–Crippen LogP) is 4.04. The van der Waals surface area contributed by atoms with E-state index in [1.165, 1.54) is 38.5 Å². The van der Waals surface area contributed by atoms with Gasteiger partial charge >= 0.3 is 0 Å². The molecule has 2 rings (SSSR count). The summed E-state index contributed by atoms with van der Waals surface area (Å²) in [4.78, 5) is 4.87. The molecule has 1 aromatic heterocycles. The maximum atomic E-state index is 6.36. The highest BCUT2D eigenvalue weighted by atomic mass is 15.1. The van der Waals surface area contributed by atoms with Crippen molar-refractivity contribution in [2.75, 3.05) is 5.73 Å². The van der Waals surface area contributed by atoms with Gasteiger partial charge in [-0.1, -0.05) is 38.7 Å². The highest BCUT2D eigenvalue weighted by molar-refractivity contribution is 5.41. The summed E-state index contributed by atoms with van der Waals surface area (Å²) in [6.45, 7) is 6.80. The van der Waals surface area contributed by atoms with Gasteiger partial charge in [-0.25, -0.2) is 4.98 Å². The quantitative estimate of drug-likeness (QED) is 0.642. The first-order valence-electron chi connectivity index (χ1n) is 7.73. The van der Waals surface area contributed by atoms with Gasteiger partial charge in [0.1, 0.15) is 11.6 Å². The molecule has 3 heteroatoms. The van der Waals surface area contributed by atoms with Crippen LogP contribution in [0.15, 0.2) is 12.7 Å². The van der Waals surface area contributed by atoms with Crippen molar-refractivity contribution in [3.05, 3.63) is 24.2 Å². The molecule has 106 valence electrons. The Bertz CT molecular complexity index is 412. The first kappa shape index (κ1) is 14.2. The summed E-state index contributed by atoms with van der Waals surface area (Å²) in [6, 6.07) is 0. The van der Waals surface area contributed by atoms with Crippen molar-refractivity contribution < 1.29 is 0 Å². The van der Waals surface area contributed by atoms with Gasteiger partial charge in [-0.05, 0) is 19.3 Å². The van der Waals surface area contributed by atoms with Crippen LogP contribution in [-0.4, -0.2) is 9.55 Å². The lowest BCUT2D eigenvalue weighted by Gasteiger charge is -2.12. The third-order valence-corrected chi connectivity index (χ3v) is 4.14. The van der Waals surface area contributed by atoms with Gasteiger partial charge in [-0.3, -0.25) is 0 Å². The van der Waals surface area contributed by atoms with Crippen molar-refractivity contribution in [3.63, 3.8) is 0 Å². The number of rotatable bonds is 5. The Morgan fingerprint density at radius 2 is 2.00 bits per heavy atom. The Balaban J connectivity index is 2.28. The molecule has 0 saturated heterocycles. The molecule has 1 aliphatic carbocycles.